The number of hydrogen-bond acceptors (Lipinski definition) is 5. The zero-order chi connectivity index (χ0) is 20.7. The summed E-state index contributed by atoms with van der Waals surface area (Å²) in [7, 11) is 1.65. The van der Waals surface area contributed by atoms with Gasteiger partial charge in [-0.25, -0.2) is 5.01 Å². The van der Waals surface area contributed by atoms with Crippen LogP contribution in [0.4, 0.5) is 0 Å². The summed E-state index contributed by atoms with van der Waals surface area (Å²) in [5, 5.41) is 6.65. The third-order valence-corrected chi connectivity index (χ3v) is 6.00. The molecule has 30 heavy (non-hydrogen) atoms. The molecule has 0 aliphatic carbocycles. The number of halogens is 1. The number of Topliss-reactive ketones (excluding diaryl/α,β-unsaturated/α-hetero) is 1. The van der Waals surface area contributed by atoms with E-state index in [0.717, 1.165) is 32.8 Å². The minimum absolute atomic E-state index is 0.0450. The first kappa shape index (κ1) is 18.9. The standard InChI is InChI=1S/C24H19BrN2O3/c1-29-18-12-8-15(9-13-18)20-14-21-19-4-2-3-5-22(19)30-24(27(21)26-20)23(28)16-6-10-17(25)11-7-16/h2-13,21,24H,14H2,1H3/t21-,24+/m0/s1. The molecule has 0 aromatic heterocycles. The van der Waals surface area contributed by atoms with Crippen molar-refractivity contribution in [2.24, 2.45) is 5.10 Å². The number of ether oxygens (including phenoxy) is 2. The molecule has 0 amide bonds. The van der Waals surface area contributed by atoms with Crippen LogP contribution in [0.2, 0.25) is 0 Å². The van der Waals surface area contributed by atoms with Crippen molar-refractivity contribution in [2.45, 2.75) is 18.7 Å². The van der Waals surface area contributed by atoms with Crippen LogP contribution < -0.4 is 9.47 Å². The molecule has 2 aliphatic heterocycles. The Kier molecular flexibility index (Phi) is 4.79. The SMILES string of the molecule is COc1ccc(C2=NN3[C@@H](C(=O)c4ccc(Br)cc4)Oc4ccccc4[C@@H]3C2)cc1. The van der Waals surface area contributed by atoms with Gasteiger partial charge in [-0.2, -0.15) is 5.10 Å². The molecular weight excluding hydrogens is 444 g/mol. The lowest BCUT2D eigenvalue weighted by atomic mass is 9.96. The highest BCUT2D eigenvalue weighted by Gasteiger charge is 2.43. The first-order chi connectivity index (χ1) is 14.6. The highest BCUT2D eigenvalue weighted by atomic mass is 79.9. The van der Waals surface area contributed by atoms with Crippen LogP contribution in [-0.4, -0.2) is 29.8 Å². The van der Waals surface area contributed by atoms with Crippen molar-refractivity contribution in [3.63, 3.8) is 0 Å². The quantitative estimate of drug-likeness (QED) is 0.499. The number of fused-ring (bicyclic) bond motifs is 3. The van der Waals surface area contributed by atoms with E-state index in [1.54, 1.807) is 19.2 Å². The second kappa shape index (κ2) is 7.61. The van der Waals surface area contributed by atoms with Gasteiger partial charge in [-0.3, -0.25) is 4.79 Å². The van der Waals surface area contributed by atoms with E-state index in [0.29, 0.717) is 12.0 Å². The molecule has 6 heteroatoms. The molecule has 2 atom stereocenters. The number of hydrazone groups is 1. The molecule has 0 N–H and O–H groups in total. The number of hydrogen-bond donors (Lipinski definition) is 0. The fourth-order valence-corrected chi connectivity index (χ4v) is 4.19. The van der Waals surface area contributed by atoms with Crippen LogP contribution in [-0.2, 0) is 0 Å². The second-order valence-corrected chi connectivity index (χ2v) is 8.17. The van der Waals surface area contributed by atoms with Crippen molar-refractivity contribution in [1.29, 1.82) is 0 Å². The normalized spacial score (nSPS) is 19.4. The Morgan fingerprint density at radius 1 is 1.07 bits per heavy atom. The molecule has 2 heterocycles. The number of nitrogens with zero attached hydrogens (tertiary/aromatic N) is 2. The van der Waals surface area contributed by atoms with Gasteiger partial charge in [0, 0.05) is 22.0 Å². The molecule has 0 saturated carbocycles. The lowest BCUT2D eigenvalue weighted by Gasteiger charge is -2.37. The monoisotopic (exact) mass is 462 g/mol. The zero-order valence-electron chi connectivity index (χ0n) is 16.3. The van der Waals surface area contributed by atoms with Gasteiger partial charge in [0.2, 0.25) is 5.78 Å². The lowest BCUT2D eigenvalue weighted by molar-refractivity contribution is -0.00455. The van der Waals surface area contributed by atoms with Crippen molar-refractivity contribution >= 4 is 27.4 Å². The van der Waals surface area contributed by atoms with E-state index < -0.39 is 6.23 Å². The van der Waals surface area contributed by atoms with E-state index in [2.05, 4.69) is 15.9 Å². The van der Waals surface area contributed by atoms with Crippen LogP contribution in [0.3, 0.4) is 0 Å². The topological polar surface area (TPSA) is 51.1 Å². The Labute approximate surface area is 183 Å². The van der Waals surface area contributed by atoms with Crippen molar-refractivity contribution in [1.82, 2.24) is 5.01 Å². The molecule has 0 saturated heterocycles. The van der Waals surface area contributed by atoms with Gasteiger partial charge >= 0.3 is 0 Å². The van der Waals surface area contributed by atoms with Crippen LogP contribution >= 0.6 is 15.9 Å². The van der Waals surface area contributed by atoms with E-state index in [1.165, 1.54) is 0 Å². The lowest BCUT2D eigenvalue weighted by Crippen LogP contribution is -2.45. The van der Waals surface area contributed by atoms with Gasteiger partial charge in [0.25, 0.3) is 6.23 Å². The maximum Gasteiger partial charge on any atom is 0.251 e. The summed E-state index contributed by atoms with van der Waals surface area (Å²) in [5.41, 5.74) is 3.58. The summed E-state index contributed by atoms with van der Waals surface area (Å²) in [6.45, 7) is 0. The molecule has 3 aromatic carbocycles. The van der Waals surface area contributed by atoms with Crippen LogP contribution in [0.5, 0.6) is 11.5 Å². The Hall–Kier alpha value is -3.12. The molecule has 0 unspecified atom stereocenters. The van der Waals surface area contributed by atoms with E-state index >= 15 is 0 Å². The van der Waals surface area contributed by atoms with Crippen LogP contribution in [0.15, 0.2) is 82.4 Å². The average Bonchev–Trinajstić information content (AvgIpc) is 3.24. The predicted octanol–water partition coefficient (Wildman–Crippen LogP) is 5.21. The second-order valence-electron chi connectivity index (χ2n) is 7.25. The van der Waals surface area contributed by atoms with Crippen molar-refractivity contribution in [2.75, 3.05) is 7.11 Å². The zero-order valence-corrected chi connectivity index (χ0v) is 17.9. The van der Waals surface area contributed by atoms with Crippen LogP contribution in [0.1, 0.15) is 33.9 Å². The van der Waals surface area contributed by atoms with Gasteiger partial charge in [-0.05, 0) is 48.0 Å². The van der Waals surface area contributed by atoms with E-state index in [9.17, 15) is 4.79 Å². The molecular formula is C24H19BrN2O3. The highest BCUT2D eigenvalue weighted by molar-refractivity contribution is 9.10. The minimum atomic E-state index is -0.804. The van der Waals surface area contributed by atoms with Gasteiger partial charge in [-0.15, -0.1) is 0 Å². The fourth-order valence-electron chi connectivity index (χ4n) is 3.92. The molecule has 5 nitrogen and oxygen atoms in total. The van der Waals surface area contributed by atoms with Crippen molar-refractivity contribution < 1.29 is 14.3 Å². The number of carbonyl (C=O) groups excluding carboxylic acids is 1. The summed E-state index contributed by atoms with van der Waals surface area (Å²) < 4.78 is 12.3. The molecule has 0 fully saturated rings. The molecule has 0 radical (unpaired) electrons. The molecule has 3 aromatic rings. The smallest absolute Gasteiger partial charge is 0.251 e. The number of carbonyl (C=O) groups is 1. The average molecular weight is 463 g/mol. The van der Waals surface area contributed by atoms with Crippen molar-refractivity contribution in [3.8, 4) is 11.5 Å². The Bertz CT molecular complexity index is 1130. The summed E-state index contributed by atoms with van der Waals surface area (Å²) >= 11 is 3.42. The van der Waals surface area contributed by atoms with Gasteiger partial charge in [0.05, 0.1) is 18.9 Å². The fraction of sp³-hybridized carbons (Fsp3) is 0.167. The summed E-state index contributed by atoms with van der Waals surface area (Å²) in [4.78, 5) is 13.3. The summed E-state index contributed by atoms with van der Waals surface area (Å²) in [5.74, 6) is 1.43. The Morgan fingerprint density at radius 3 is 2.53 bits per heavy atom. The number of ketones is 1. The van der Waals surface area contributed by atoms with Gasteiger partial charge in [0.15, 0.2) is 0 Å². The Balaban J connectivity index is 1.53. The number of para-hydroxylation sites is 1. The Morgan fingerprint density at radius 2 is 1.80 bits per heavy atom. The predicted molar refractivity (Wildman–Crippen MR) is 118 cm³/mol. The maximum atomic E-state index is 13.3. The third-order valence-electron chi connectivity index (χ3n) is 5.48. The molecule has 0 bridgehead atoms. The highest BCUT2D eigenvalue weighted by Crippen LogP contribution is 2.43. The van der Waals surface area contributed by atoms with Gasteiger partial charge < -0.3 is 9.47 Å². The first-order valence-electron chi connectivity index (χ1n) is 9.69. The molecule has 5 rings (SSSR count). The minimum Gasteiger partial charge on any atom is -0.497 e. The first-order valence-corrected chi connectivity index (χ1v) is 10.5. The number of methoxy groups -OCH3 is 1. The van der Waals surface area contributed by atoms with E-state index in [4.69, 9.17) is 14.6 Å². The number of rotatable bonds is 4. The van der Waals surface area contributed by atoms with E-state index in [-0.39, 0.29) is 11.8 Å². The number of benzene rings is 3. The molecule has 0 spiro atoms. The summed E-state index contributed by atoms with van der Waals surface area (Å²) in [6.07, 6.45) is -0.0987. The third kappa shape index (κ3) is 3.27. The van der Waals surface area contributed by atoms with Gasteiger partial charge in [0.1, 0.15) is 11.5 Å². The molecule has 150 valence electrons. The van der Waals surface area contributed by atoms with Crippen LogP contribution in [0.25, 0.3) is 0 Å². The van der Waals surface area contributed by atoms with Crippen LogP contribution in [0, 0.1) is 0 Å². The molecule has 2 aliphatic rings. The van der Waals surface area contributed by atoms with E-state index in [1.807, 2.05) is 65.7 Å². The largest absolute Gasteiger partial charge is 0.497 e. The maximum absolute atomic E-state index is 13.3. The summed E-state index contributed by atoms with van der Waals surface area (Å²) in [6, 6.07) is 23.0. The van der Waals surface area contributed by atoms with Crippen molar-refractivity contribution in [3.05, 3.63) is 94.0 Å². The van der Waals surface area contributed by atoms with Gasteiger partial charge in [-0.1, -0.05) is 46.3 Å².